The van der Waals surface area contributed by atoms with Crippen molar-refractivity contribution in [3.8, 4) is 5.75 Å². The molecule has 0 radical (unpaired) electrons. The minimum Gasteiger partial charge on any atom is -0.449 e. The van der Waals surface area contributed by atoms with Gasteiger partial charge in [-0.25, -0.2) is 4.79 Å². The van der Waals surface area contributed by atoms with Gasteiger partial charge < -0.3 is 14.8 Å². The highest BCUT2D eigenvalue weighted by molar-refractivity contribution is 5.92. The Hall–Kier alpha value is -2.25. The van der Waals surface area contributed by atoms with E-state index in [4.69, 9.17) is 4.74 Å². The van der Waals surface area contributed by atoms with Gasteiger partial charge in [0, 0.05) is 6.54 Å². The van der Waals surface area contributed by atoms with E-state index < -0.39 is 30.1 Å². The SMILES string of the molecule is CCNC(=O)[C@@H](C)OC(=O)c1ccc(OC(F)(F)F)cc1. The van der Waals surface area contributed by atoms with Crippen molar-refractivity contribution in [2.75, 3.05) is 6.54 Å². The molecule has 0 aromatic heterocycles. The lowest BCUT2D eigenvalue weighted by Crippen LogP contribution is -2.35. The van der Waals surface area contributed by atoms with Crippen LogP contribution in [0, 0.1) is 0 Å². The normalized spacial score (nSPS) is 12.4. The molecule has 0 aliphatic rings. The molecule has 5 nitrogen and oxygen atoms in total. The maximum absolute atomic E-state index is 12.0. The number of likely N-dealkylation sites (N-methyl/N-ethyl adjacent to an activating group) is 1. The molecule has 0 saturated carbocycles. The van der Waals surface area contributed by atoms with Gasteiger partial charge in [0.25, 0.3) is 5.91 Å². The van der Waals surface area contributed by atoms with Crippen molar-refractivity contribution < 1.29 is 32.2 Å². The summed E-state index contributed by atoms with van der Waals surface area (Å²) < 4.78 is 44.5. The fourth-order valence-electron chi connectivity index (χ4n) is 1.39. The number of nitrogens with one attached hydrogen (secondary N) is 1. The zero-order chi connectivity index (χ0) is 16.0. The Morgan fingerprint density at radius 2 is 1.81 bits per heavy atom. The highest BCUT2D eigenvalue weighted by atomic mass is 19.4. The first-order valence-electron chi connectivity index (χ1n) is 6.07. The van der Waals surface area contributed by atoms with Gasteiger partial charge in [-0.05, 0) is 38.1 Å². The number of benzene rings is 1. The Bertz CT molecular complexity index is 499. The summed E-state index contributed by atoms with van der Waals surface area (Å²) in [5, 5.41) is 2.48. The van der Waals surface area contributed by atoms with E-state index in [1.54, 1.807) is 6.92 Å². The second kappa shape index (κ2) is 6.96. The Morgan fingerprint density at radius 3 is 2.29 bits per heavy atom. The minimum absolute atomic E-state index is 0.0145. The predicted octanol–water partition coefficient (Wildman–Crippen LogP) is 2.27. The first-order valence-corrected chi connectivity index (χ1v) is 6.07. The maximum atomic E-state index is 12.0. The average molecular weight is 305 g/mol. The molecule has 0 fully saturated rings. The van der Waals surface area contributed by atoms with E-state index >= 15 is 0 Å². The topological polar surface area (TPSA) is 64.6 Å². The third-order valence-corrected chi connectivity index (χ3v) is 2.33. The molecule has 1 amide bonds. The second-order valence-electron chi connectivity index (χ2n) is 4.01. The Labute approximate surface area is 119 Å². The number of carbonyl (C=O) groups excluding carboxylic acids is 2. The molecule has 1 rings (SSSR count). The van der Waals surface area contributed by atoms with Crippen molar-refractivity contribution in [2.45, 2.75) is 26.3 Å². The number of rotatable bonds is 5. The molecule has 1 aromatic carbocycles. The van der Waals surface area contributed by atoms with Crippen molar-refractivity contribution in [1.29, 1.82) is 0 Å². The summed E-state index contributed by atoms with van der Waals surface area (Å²) in [4.78, 5) is 23.1. The van der Waals surface area contributed by atoms with E-state index in [1.807, 2.05) is 0 Å². The lowest BCUT2D eigenvalue weighted by Gasteiger charge is -2.13. The average Bonchev–Trinajstić information content (AvgIpc) is 2.37. The largest absolute Gasteiger partial charge is 0.573 e. The molecule has 0 bridgehead atoms. The van der Waals surface area contributed by atoms with E-state index in [2.05, 4.69) is 10.1 Å². The van der Waals surface area contributed by atoms with Crippen LogP contribution in [-0.2, 0) is 9.53 Å². The minimum atomic E-state index is -4.80. The van der Waals surface area contributed by atoms with Crippen molar-refractivity contribution in [2.24, 2.45) is 0 Å². The smallest absolute Gasteiger partial charge is 0.449 e. The number of halogens is 3. The molecule has 0 heterocycles. The Balaban J connectivity index is 2.65. The Morgan fingerprint density at radius 1 is 1.24 bits per heavy atom. The molecule has 1 aromatic rings. The second-order valence-corrected chi connectivity index (χ2v) is 4.01. The van der Waals surface area contributed by atoms with Gasteiger partial charge in [0.2, 0.25) is 0 Å². The molecule has 116 valence electrons. The summed E-state index contributed by atoms with van der Waals surface area (Å²) in [5.74, 6) is -1.72. The predicted molar refractivity (Wildman–Crippen MR) is 66.7 cm³/mol. The van der Waals surface area contributed by atoms with E-state index in [9.17, 15) is 22.8 Å². The molecule has 1 N–H and O–H groups in total. The van der Waals surface area contributed by atoms with Gasteiger partial charge in [0.05, 0.1) is 5.56 Å². The quantitative estimate of drug-likeness (QED) is 0.848. The molecule has 8 heteroatoms. The number of carbonyl (C=O) groups is 2. The van der Waals surface area contributed by atoms with Gasteiger partial charge in [-0.15, -0.1) is 13.2 Å². The lowest BCUT2D eigenvalue weighted by atomic mass is 10.2. The summed E-state index contributed by atoms with van der Waals surface area (Å²) in [6.07, 6.45) is -5.79. The number of amides is 1. The van der Waals surface area contributed by atoms with E-state index in [0.717, 1.165) is 24.3 Å². The van der Waals surface area contributed by atoms with Crippen LogP contribution >= 0.6 is 0 Å². The maximum Gasteiger partial charge on any atom is 0.573 e. The summed E-state index contributed by atoms with van der Waals surface area (Å²) in [5.41, 5.74) is 0.0145. The summed E-state index contributed by atoms with van der Waals surface area (Å²) in [7, 11) is 0. The van der Waals surface area contributed by atoms with Crippen molar-refractivity contribution in [3.63, 3.8) is 0 Å². The fraction of sp³-hybridized carbons (Fsp3) is 0.385. The molecule has 1 atom stereocenters. The van der Waals surface area contributed by atoms with E-state index in [1.165, 1.54) is 6.92 Å². The van der Waals surface area contributed by atoms with Crippen molar-refractivity contribution in [1.82, 2.24) is 5.32 Å². The molecule has 0 spiro atoms. The summed E-state index contributed by atoms with van der Waals surface area (Å²) in [6.45, 7) is 3.50. The fourth-order valence-corrected chi connectivity index (χ4v) is 1.39. The van der Waals surface area contributed by atoms with E-state index in [-0.39, 0.29) is 5.56 Å². The van der Waals surface area contributed by atoms with Crippen LogP contribution in [0.2, 0.25) is 0 Å². The van der Waals surface area contributed by atoms with Gasteiger partial charge in [-0.1, -0.05) is 0 Å². The van der Waals surface area contributed by atoms with Gasteiger partial charge in [-0.2, -0.15) is 0 Å². The standard InChI is InChI=1S/C13H14F3NO4/c1-3-17-11(18)8(2)20-12(19)9-4-6-10(7-5-9)21-13(14,15)16/h4-8H,3H2,1-2H3,(H,17,18)/t8-/m1/s1. The highest BCUT2D eigenvalue weighted by Crippen LogP contribution is 2.22. The zero-order valence-corrected chi connectivity index (χ0v) is 11.4. The molecule has 0 saturated heterocycles. The van der Waals surface area contributed by atoms with E-state index in [0.29, 0.717) is 6.54 Å². The molecular formula is C13H14F3NO4. The first kappa shape index (κ1) is 16.8. The summed E-state index contributed by atoms with van der Waals surface area (Å²) in [6, 6.07) is 4.21. The third-order valence-electron chi connectivity index (χ3n) is 2.33. The molecule has 0 unspecified atom stereocenters. The molecule has 0 aliphatic heterocycles. The molecule has 21 heavy (non-hydrogen) atoms. The molecule has 0 aliphatic carbocycles. The number of hydrogen-bond acceptors (Lipinski definition) is 4. The number of hydrogen-bond donors (Lipinski definition) is 1. The first-order chi connectivity index (χ1) is 9.73. The van der Waals surface area contributed by atoms with Crippen LogP contribution in [0.5, 0.6) is 5.75 Å². The van der Waals surface area contributed by atoms with Gasteiger partial charge in [0.15, 0.2) is 6.10 Å². The van der Waals surface area contributed by atoms with Gasteiger partial charge in [-0.3, -0.25) is 4.79 Å². The van der Waals surface area contributed by atoms with Crippen LogP contribution in [0.15, 0.2) is 24.3 Å². The monoisotopic (exact) mass is 305 g/mol. The number of esters is 1. The van der Waals surface area contributed by atoms with Crippen LogP contribution in [0.25, 0.3) is 0 Å². The third kappa shape index (κ3) is 5.72. The van der Waals surface area contributed by atoms with Crippen LogP contribution in [0.3, 0.4) is 0 Å². The van der Waals surface area contributed by atoms with Crippen molar-refractivity contribution >= 4 is 11.9 Å². The number of alkyl halides is 3. The van der Waals surface area contributed by atoms with Crippen LogP contribution in [0.4, 0.5) is 13.2 Å². The Kier molecular flexibility index (Phi) is 5.57. The zero-order valence-electron chi connectivity index (χ0n) is 11.4. The van der Waals surface area contributed by atoms with Crippen LogP contribution in [0.1, 0.15) is 24.2 Å². The molecular weight excluding hydrogens is 291 g/mol. The highest BCUT2D eigenvalue weighted by Gasteiger charge is 2.31. The van der Waals surface area contributed by atoms with Crippen LogP contribution < -0.4 is 10.1 Å². The lowest BCUT2D eigenvalue weighted by molar-refractivity contribution is -0.274. The van der Waals surface area contributed by atoms with Gasteiger partial charge in [0.1, 0.15) is 5.75 Å². The number of ether oxygens (including phenoxy) is 2. The van der Waals surface area contributed by atoms with Crippen LogP contribution in [-0.4, -0.2) is 30.9 Å². The summed E-state index contributed by atoms with van der Waals surface area (Å²) >= 11 is 0. The van der Waals surface area contributed by atoms with Crippen molar-refractivity contribution in [3.05, 3.63) is 29.8 Å². The van der Waals surface area contributed by atoms with Gasteiger partial charge >= 0.3 is 12.3 Å².